The summed E-state index contributed by atoms with van der Waals surface area (Å²) in [5.41, 5.74) is 8.43. The number of carboxylic acids is 1. The first-order valence-electron chi connectivity index (χ1n) is 10.6. The highest BCUT2D eigenvalue weighted by Crippen LogP contribution is 2.21. The number of hydrogen-bond donors (Lipinski definition) is 2. The molecule has 0 fully saturated rings. The minimum absolute atomic E-state index is 0.0615. The summed E-state index contributed by atoms with van der Waals surface area (Å²) in [4.78, 5) is 38.0. The molecule has 3 aromatic rings. The van der Waals surface area contributed by atoms with Crippen LogP contribution in [-0.4, -0.2) is 40.4 Å². The second-order valence-electron chi connectivity index (χ2n) is 7.68. The first-order chi connectivity index (χ1) is 15.8. The number of primary amides is 1. The molecule has 3 N–H and O–H groups in total. The number of carboxylic acid groups (broad SMARTS) is 1. The number of hydrogen-bond acceptors (Lipinski definition) is 3. The van der Waals surface area contributed by atoms with E-state index in [4.69, 9.17) is 17.3 Å². The largest absolute Gasteiger partial charge is 0.480 e. The quantitative estimate of drug-likeness (QED) is 0.464. The molecular weight excluding hydrogens is 440 g/mol. The molecule has 0 bridgehead atoms. The van der Waals surface area contributed by atoms with Gasteiger partial charge >= 0.3 is 5.97 Å². The third-order valence-corrected chi connectivity index (χ3v) is 5.59. The third kappa shape index (κ3) is 6.67. The minimum Gasteiger partial charge on any atom is -0.480 e. The number of rotatable bonds is 10. The van der Waals surface area contributed by atoms with Gasteiger partial charge < -0.3 is 15.7 Å². The van der Waals surface area contributed by atoms with Crippen molar-refractivity contribution in [3.63, 3.8) is 0 Å². The van der Waals surface area contributed by atoms with Gasteiger partial charge in [0.1, 0.15) is 6.04 Å². The Kier molecular flexibility index (Phi) is 8.22. The van der Waals surface area contributed by atoms with E-state index in [1.165, 1.54) is 4.90 Å². The van der Waals surface area contributed by atoms with Crippen LogP contribution >= 0.6 is 11.6 Å². The van der Waals surface area contributed by atoms with Gasteiger partial charge in [0.2, 0.25) is 5.91 Å². The number of aliphatic carboxylic acids is 1. The van der Waals surface area contributed by atoms with E-state index in [9.17, 15) is 19.5 Å². The summed E-state index contributed by atoms with van der Waals surface area (Å²) < 4.78 is 0. The molecule has 0 unspecified atom stereocenters. The number of carbonyl (C=O) groups excluding carboxylic acids is 2. The van der Waals surface area contributed by atoms with E-state index in [0.717, 1.165) is 16.7 Å². The van der Waals surface area contributed by atoms with Crippen LogP contribution in [0.25, 0.3) is 11.1 Å². The Morgan fingerprint density at radius 3 is 2.18 bits per heavy atom. The number of nitrogens with two attached hydrogens (primary N) is 1. The van der Waals surface area contributed by atoms with E-state index >= 15 is 0 Å². The van der Waals surface area contributed by atoms with Crippen molar-refractivity contribution in [2.45, 2.75) is 25.3 Å². The molecule has 1 atom stereocenters. The molecule has 2 amide bonds. The Hall–Kier alpha value is -3.64. The van der Waals surface area contributed by atoms with Crippen molar-refractivity contribution in [1.29, 1.82) is 0 Å². The monoisotopic (exact) mass is 464 g/mol. The fraction of sp³-hybridized carbons (Fsp3) is 0.192. The zero-order valence-corrected chi connectivity index (χ0v) is 18.7. The summed E-state index contributed by atoms with van der Waals surface area (Å²) in [6.07, 6.45) is 0.216. The van der Waals surface area contributed by atoms with Gasteiger partial charge in [-0.05, 0) is 53.8 Å². The van der Waals surface area contributed by atoms with Crippen LogP contribution in [0.4, 0.5) is 0 Å². The van der Waals surface area contributed by atoms with Gasteiger partial charge in [0, 0.05) is 23.6 Å². The molecule has 170 valence electrons. The van der Waals surface area contributed by atoms with Crippen LogP contribution in [0.15, 0.2) is 78.9 Å². The minimum atomic E-state index is -1.18. The molecular formula is C26H25ClN2O4. The first-order valence-corrected chi connectivity index (χ1v) is 10.9. The fourth-order valence-electron chi connectivity index (χ4n) is 3.63. The molecule has 3 rings (SSSR count). The summed E-state index contributed by atoms with van der Waals surface area (Å²) in [7, 11) is 0. The first kappa shape index (κ1) is 24.0. The van der Waals surface area contributed by atoms with E-state index in [2.05, 4.69) is 0 Å². The SMILES string of the molecule is NC(=O)CC[C@@H](C(=O)O)N(CCc1cccc(Cl)c1)C(=O)c1ccc(-c2ccccc2)cc1. The molecule has 0 aliphatic heterocycles. The molecule has 0 aliphatic rings. The smallest absolute Gasteiger partial charge is 0.326 e. The van der Waals surface area contributed by atoms with Crippen LogP contribution in [-0.2, 0) is 16.0 Å². The van der Waals surface area contributed by atoms with Crippen molar-refractivity contribution in [2.75, 3.05) is 6.54 Å². The highest BCUT2D eigenvalue weighted by atomic mass is 35.5. The van der Waals surface area contributed by atoms with E-state index in [0.29, 0.717) is 17.0 Å². The highest BCUT2D eigenvalue weighted by Gasteiger charge is 2.30. The Morgan fingerprint density at radius 1 is 0.909 bits per heavy atom. The number of carbonyl (C=O) groups is 3. The maximum Gasteiger partial charge on any atom is 0.326 e. The van der Waals surface area contributed by atoms with Crippen molar-refractivity contribution in [1.82, 2.24) is 4.90 Å². The Morgan fingerprint density at radius 2 is 1.58 bits per heavy atom. The lowest BCUT2D eigenvalue weighted by molar-refractivity contribution is -0.142. The second-order valence-corrected chi connectivity index (χ2v) is 8.12. The zero-order valence-electron chi connectivity index (χ0n) is 18.0. The maximum absolute atomic E-state index is 13.4. The lowest BCUT2D eigenvalue weighted by Crippen LogP contribution is -2.46. The number of benzene rings is 3. The zero-order chi connectivity index (χ0) is 23.8. The van der Waals surface area contributed by atoms with E-state index in [-0.39, 0.29) is 19.4 Å². The van der Waals surface area contributed by atoms with Gasteiger partial charge in [0.05, 0.1) is 0 Å². The van der Waals surface area contributed by atoms with Crippen molar-refractivity contribution in [2.24, 2.45) is 5.73 Å². The summed E-state index contributed by atoms with van der Waals surface area (Å²) in [6.45, 7) is 0.148. The fourth-order valence-corrected chi connectivity index (χ4v) is 3.85. The Bertz CT molecular complexity index is 1120. The summed E-state index contributed by atoms with van der Waals surface area (Å²) in [6, 6.07) is 22.8. The number of nitrogens with zero attached hydrogens (tertiary/aromatic N) is 1. The van der Waals surface area contributed by atoms with Gasteiger partial charge in [-0.2, -0.15) is 0 Å². The number of amides is 2. The standard InChI is InChI=1S/C26H25ClN2O4/c27-22-8-4-5-18(17-22)15-16-29(23(26(32)33)13-14-24(28)30)25(31)21-11-9-20(10-12-21)19-6-2-1-3-7-19/h1-12,17,23H,13-16H2,(H2,28,30)(H,32,33)/t23-/m0/s1. The van der Waals surface area contributed by atoms with Gasteiger partial charge in [0.15, 0.2) is 0 Å². The van der Waals surface area contributed by atoms with Crippen molar-refractivity contribution < 1.29 is 19.5 Å². The average molecular weight is 465 g/mol. The van der Waals surface area contributed by atoms with Crippen LogP contribution < -0.4 is 5.73 Å². The highest BCUT2D eigenvalue weighted by molar-refractivity contribution is 6.30. The topological polar surface area (TPSA) is 101 Å². The van der Waals surface area contributed by atoms with Crippen LogP contribution in [0.2, 0.25) is 5.02 Å². The molecule has 0 saturated carbocycles. The Balaban J connectivity index is 1.86. The van der Waals surface area contributed by atoms with Gasteiger partial charge in [-0.3, -0.25) is 9.59 Å². The average Bonchev–Trinajstić information content (AvgIpc) is 2.81. The van der Waals surface area contributed by atoms with Crippen molar-refractivity contribution >= 4 is 29.4 Å². The predicted molar refractivity (Wildman–Crippen MR) is 128 cm³/mol. The lowest BCUT2D eigenvalue weighted by atomic mass is 10.0. The van der Waals surface area contributed by atoms with Gasteiger partial charge in [-0.1, -0.05) is 66.2 Å². The molecule has 0 saturated heterocycles. The summed E-state index contributed by atoms with van der Waals surface area (Å²) in [5.74, 6) is -2.22. The second kappa shape index (κ2) is 11.3. The number of halogens is 1. The normalized spacial score (nSPS) is 11.5. The molecule has 0 heterocycles. The molecule has 33 heavy (non-hydrogen) atoms. The van der Waals surface area contributed by atoms with Gasteiger partial charge in [0.25, 0.3) is 5.91 Å². The summed E-state index contributed by atoms with van der Waals surface area (Å²) in [5, 5.41) is 10.4. The van der Waals surface area contributed by atoms with E-state index < -0.39 is 23.8 Å². The van der Waals surface area contributed by atoms with Crippen LogP contribution in [0.3, 0.4) is 0 Å². The third-order valence-electron chi connectivity index (χ3n) is 5.36. The van der Waals surface area contributed by atoms with E-state index in [1.54, 1.807) is 30.3 Å². The van der Waals surface area contributed by atoms with Gasteiger partial charge in [-0.15, -0.1) is 0 Å². The van der Waals surface area contributed by atoms with Crippen molar-refractivity contribution in [3.05, 3.63) is 95.0 Å². The maximum atomic E-state index is 13.4. The van der Waals surface area contributed by atoms with Crippen molar-refractivity contribution in [3.8, 4) is 11.1 Å². The lowest BCUT2D eigenvalue weighted by Gasteiger charge is -2.29. The molecule has 0 aliphatic carbocycles. The molecule has 0 radical (unpaired) electrons. The molecule has 0 aromatic heterocycles. The molecule has 0 spiro atoms. The summed E-state index contributed by atoms with van der Waals surface area (Å²) >= 11 is 6.06. The van der Waals surface area contributed by atoms with E-state index in [1.807, 2.05) is 48.5 Å². The van der Waals surface area contributed by atoms with Crippen LogP contribution in [0.5, 0.6) is 0 Å². The van der Waals surface area contributed by atoms with Crippen LogP contribution in [0, 0.1) is 0 Å². The predicted octanol–water partition coefficient (Wildman–Crippen LogP) is 4.41. The molecule has 6 nitrogen and oxygen atoms in total. The van der Waals surface area contributed by atoms with Crippen LogP contribution in [0.1, 0.15) is 28.8 Å². The van der Waals surface area contributed by atoms with Gasteiger partial charge in [-0.25, -0.2) is 4.79 Å². The molecule has 3 aromatic carbocycles. The molecule has 7 heteroatoms. The Labute approximate surface area is 197 Å².